The molecule has 0 amide bonds. The number of ether oxygens (including phenoxy) is 1. The van der Waals surface area contributed by atoms with Gasteiger partial charge in [0, 0.05) is 12.3 Å². The van der Waals surface area contributed by atoms with E-state index in [1.807, 2.05) is 0 Å². The Labute approximate surface area is 219 Å². The first-order valence-electron chi connectivity index (χ1n) is 12.1. The number of alkyl halides is 1. The number of ketones is 1. The lowest BCUT2D eigenvalue weighted by atomic mass is 10.0. The Hall–Kier alpha value is -0.856. The van der Waals surface area contributed by atoms with Crippen molar-refractivity contribution in [1.82, 2.24) is 9.55 Å². The molecule has 2 heterocycles. The highest BCUT2D eigenvalue weighted by molar-refractivity contribution is 9.09. The number of carbonyl (C=O) groups is 1. The molecular weight excluding hydrogens is 548 g/mol. The van der Waals surface area contributed by atoms with Gasteiger partial charge in [0.15, 0.2) is 22.4 Å². The molecule has 0 bridgehead atoms. The van der Waals surface area contributed by atoms with Crippen LogP contribution in [0.5, 0.6) is 0 Å². The fourth-order valence-corrected chi connectivity index (χ4v) is 7.09. The molecule has 11 heteroatoms. The zero-order valence-corrected chi connectivity index (χ0v) is 26.7. The van der Waals surface area contributed by atoms with Crippen molar-refractivity contribution >= 4 is 38.3 Å². The molecule has 4 atom stereocenters. The molecule has 0 spiro atoms. The van der Waals surface area contributed by atoms with Crippen LogP contribution in [-0.4, -0.2) is 55.6 Å². The summed E-state index contributed by atoms with van der Waals surface area (Å²) in [7, 11) is -4.39. The smallest absolute Gasteiger partial charge is 0.330 e. The standard InChI is InChI=1S/C24H43BrN2O6Si2/c1-16(28)14-24(27-13-12-18(29)26-21(27)30)20(25)19(33-35(10,11)23(5,6)7)17(32-24)15-31-34(8,9)22(2,3)4/h12-13,17,19-20H,14-15H2,1-11H3,(H,26,29,30)/t17-,19-,20+,24-/m1/s1. The van der Waals surface area contributed by atoms with Crippen molar-refractivity contribution in [2.45, 2.75) is 114 Å². The zero-order valence-electron chi connectivity index (χ0n) is 23.1. The Morgan fingerprint density at radius 1 is 1.11 bits per heavy atom. The molecule has 8 nitrogen and oxygen atoms in total. The van der Waals surface area contributed by atoms with E-state index in [4.69, 9.17) is 13.6 Å². The number of aromatic nitrogens is 2. The van der Waals surface area contributed by atoms with Gasteiger partial charge in [-0.15, -0.1) is 0 Å². The molecule has 1 N–H and O–H groups in total. The number of hydrogen-bond acceptors (Lipinski definition) is 6. The predicted octanol–water partition coefficient (Wildman–Crippen LogP) is 4.74. The van der Waals surface area contributed by atoms with E-state index in [0.717, 1.165) is 0 Å². The number of H-pyrrole nitrogens is 1. The number of aromatic amines is 1. The molecule has 0 radical (unpaired) electrons. The summed E-state index contributed by atoms with van der Waals surface area (Å²) >= 11 is 3.79. The topological polar surface area (TPSA) is 99.6 Å². The molecule has 35 heavy (non-hydrogen) atoms. The van der Waals surface area contributed by atoms with Crippen molar-refractivity contribution < 1.29 is 18.4 Å². The number of nitrogens with zero attached hydrogens (tertiary/aromatic N) is 1. The van der Waals surface area contributed by atoms with Gasteiger partial charge in [0.1, 0.15) is 11.9 Å². The van der Waals surface area contributed by atoms with E-state index in [1.54, 1.807) is 0 Å². The lowest BCUT2D eigenvalue weighted by molar-refractivity contribution is -0.140. The van der Waals surface area contributed by atoms with E-state index in [0.29, 0.717) is 0 Å². The number of nitrogens with one attached hydrogen (secondary N) is 1. The molecule has 1 fully saturated rings. The summed E-state index contributed by atoms with van der Waals surface area (Å²) in [5.74, 6) is -0.149. The molecule has 1 aliphatic rings. The van der Waals surface area contributed by atoms with Crippen molar-refractivity contribution in [2.75, 3.05) is 6.61 Å². The normalized spacial score (nSPS) is 26.2. The fourth-order valence-electron chi connectivity index (χ4n) is 3.61. The maximum Gasteiger partial charge on any atom is 0.330 e. The highest BCUT2D eigenvalue weighted by Crippen LogP contribution is 2.48. The summed E-state index contributed by atoms with van der Waals surface area (Å²) in [5.41, 5.74) is -2.53. The summed E-state index contributed by atoms with van der Waals surface area (Å²) in [5, 5.41) is -0.0628. The molecule has 0 saturated carbocycles. The van der Waals surface area contributed by atoms with E-state index in [1.165, 1.54) is 23.8 Å². The van der Waals surface area contributed by atoms with Gasteiger partial charge in [-0.1, -0.05) is 57.5 Å². The number of Topliss-reactive ketones (excluding diaryl/α,β-unsaturated/α-hetero) is 1. The number of rotatable bonds is 8. The van der Waals surface area contributed by atoms with Crippen LogP contribution >= 0.6 is 15.9 Å². The number of halogens is 1. The number of hydrogen-bond donors (Lipinski definition) is 1. The van der Waals surface area contributed by atoms with E-state index in [9.17, 15) is 14.4 Å². The third-order valence-electron chi connectivity index (χ3n) is 7.83. The van der Waals surface area contributed by atoms with E-state index in [2.05, 4.69) is 88.6 Å². The highest BCUT2D eigenvalue weighted by atomic mass is 79.9. The molecule has 2 rings (SSSR count). The average Bonchev–Trinajstić information content (AvgIpc) is 2.90. The minimum absolute atomic E-state index is 0.00151. The van der Waals surface area contributed by atoms with Crippen LogP contribution in [-0.2, 0) is 24.1 Å². The molecule has 0 aliphatic carbocycles. The van der Waals surface area contributed by atoms with Gasteiger partial charge in [0.25, 0.3) is 5.56 Å². The molecule has 1 aromatic rings. The van der Waals surface area contributed by atoms with Crippen molar-refractivity contribution in [1.29, 1.82) is 0 Å². The van der Waals surface area contributed by atoms with Gasteiger partial charge in [0.05, 0.1) is 24.0 Å². The van der Waals surface area contributed by atoms with Gasteiger partial charge in [-0.25, -0.2) is 4.79 Å². The van der Waals surface area contributed by atoms with Gasteiger partial charge in [-0.3, -0.25) is 19.1 Å². The Morgan fingerprint density at radius 2 is 1.66 bits per heavy atom. The van der Waals surface area contributed by atoms with Gasteiger partial charge in [-0.05, 0) is 43.2 Å². The van der Waals surface area contributed by atoms with Crippen LogP contribution in [0.25, 0.3) is 0 Å². The third-order valence-corrected chi connectivity index (χ3v) is 18.0. The van der Waals surface area contributed by atoms with Crippen LogP contribution < -0.4 is 11.2 Å². The third kappa shape index (κ3) is 6.35. The second-order valence-electron chi connectivity index (χ2n) is 12.7. The monoisotopic (exact) mass is 590 g/mol. The first-order valence-corrected chi connectivity index (χ1v) is 18.8. The van der Waals surface area contributed by atoms with Crippen LogP contribution in [0.3, 0.4) is 0 Å². The highest BCUT2D eigenvalue weighted by Gasteiger charge is 2.59. The number of carbonyl (C=O) groups excluding carboxylic acids is 1. The van der Waals surface area contributed by atoms with Crippen molar-refractivity contribution in [2.24, 2.45) is 0 Å². The maximum absolute atomic E-state index is 12.9. The van der Waals surface area contributed by atoms with E-state index in [-0.39, 0.29) is 28.9 Å². The molecule has 1 aliphatic heterocycles. The molecule has 200 valence electrons. The van der Waals surface area contributed by atoms with Crippen LogP contribution in [0.2, 0.25) is 36.3 Å². The summed E-state index contributed by atoms with van der Waals surface area (Å²) in [6, 6.07) is 1.26. The van der Waals surface area contributed by atoms with Crippen LogP contribution in [0.4, 0.5) is 0 Å². The SMILES string of the molecule is CC(=O)C[C@@]1(n2ccc(=O)[nH]c2=O)O[C@H](CO[Si](C)(C)C(C)(C)C)[C@@H](O[Si](C)(C)C(C)(C)C)[C@@H]1Br. The van der Waals surface area contributed by atoms with Gasteiger partial charge in [0.2, 0.25) is 0 Å². The average molecular weight is 592 g/mol. The van der Waals surface area contributed by atoms with E-state index < -0.39 is 50.6 Å². The first-order chi connectivity index (χ1) is 15.6. The summed E-state index contributed by atoms with van der Waals surface area (Å²) in [6.07, 6.45) is 0.321. The Bertz CT molecular complexity index is 1040. The summed E-state index contributed by atoms with van der Waals surface area (Å²) < 4.78 is 21.3. The zero-order chi connectivity index (χ0) is 27.2. The molecular formula is C24H43BrN2O6Si2. The lowest BCUT2D eigenvalue weighted by Crippen LogP contribution is -2.53. The van der Waals surface area contributed by atoms with Crippen LogP contribution in [0.1, 0.15) is 54.9 Å². The quantitative estimate of drug-likeness (QED) is 0.346. The van der Waals surface area contributed by atoms with Gasteiger partial charge in [-0.2, -0.15) is 0 Å². The Morgan fingerprint density at radius 3 is 2.11 bits per heavy atom. The van der Waals surface area contributed by atoms with Crippen LogP contribution in [0, 0.1) is 0 Å². The maximum atomic E-state index is 12.9. The molecule has 1 saturated heterocycles. The minimum atomic E-state index is -2.28. The van der Waals surface area contributed by atoms with Gasteiger partial charge < -0.3 is 13.6 Å². The van der Waals surface area contributed by atoms with Crippen molar-refractivity contribution in [3.05, 3.63) is 33.1 Å². The Balaban J connectivity index is 2.62. The van der Waals surface area contributed by atoms with Crippen molar-refractivity contribution in [3.8, 4) is 0 Å². The predicted molar refractivity (Wildman–Crippen MR) is 147 cm³/mol. The summed E-state index contributed by atoms with van der Waals surface area (Å²) in [6.45, 7) is 23.4. The molecule has 0 aromatic carbocycles. The van der Waals surface area contributed by atoms with E-state index >= 15 is 0 Å². The molecule has 0 unspecified atom stereocenters. The molecule has 1 aromatic heterocycles. The second-order valence-corrected chi connectivity index (χ2v) is 23.2. The first kappa shape index (κ1) is 30.4. The van der Waals surface area contributed by atoms with Gasteiger partial charge >= 0.3 is 5.69 Å². The lowest BCUT2D eigenvalue weighted by Gasteiger charge is -2.41. The Kier molecular flexibility index (Phi) is 8.79. The largest absolute Gasteiger partial charge is 0.414 e. The van der Waals surface area contributed by atoms with Crippen LogP contribution in [0.15, 0.2) is 21.9 Å². The fraction of sp³-hybridized carbons (Fsp3) is 0.792. The van der Waals surface area contributed by atoms with Crippen molar-refractivity contribution in [3.63, 3.8) is 0 Å². The second kappa shape index (κ2) is 10.1. The minimum Gasteiger partial charge on any atom is -0.414 e. The summed E-state index contributed by atoms with van der Waals surface area (Å²) in [4.78, 5) is 38.9.